The van der Waals surface area contributed by atoms with E-state index < -0.39 is 17.3 Å². The molecule has 0 bridgehead atoms. The molecule has 0 amide bonds. The van der Waals surface area contributed by atoms with Gasteiger partial charge in [0.2, 0.25) is 0 Å². The second kappa shape index (κ2) is 9.68. The molecule has 0 spiro atoms. The molecule has 0 aliphatic carbocycles. The standard InChI is InChI=1S/C24H21ClF3N3O2S/c1-3-17-6-11-21(12-7-17)34(32)31(14-18-4-9-20(10-5-18)33-24(26,27)28)23-16(2)30-15-19(25)8-13-22(30)29-23/h4-13,15H,3,14H2,1-2H3. The molecular weight excluding hydrogens is 487 g/mol. The fraction of sp³-hybridized carbons (Fsp3) is 0.208. The van der Waals surface area contributed by atoms with Gasteiger partial charge in [-0.25, -0.2) is 9.19 Å². The minimum absolute atomic E-state index is 0.146. The molecular formula is C24H21ClF3N3O2S. The predicted octanol–water partition coefficient (Wildman–Crippen LogP) is 6.49. The molecule has 0 saturated heterocycles. The van der Waals surface area contributed by atoms with Gasteiger partial charge in [-0.1, -0.05) is 42.8 Å². The number of aromatic nitrogens is 2. The minimum Gasteiger partial charge on any atom is -0.406 e. The number of pyridine rings is 1. The van der Waals surface area contributed by atoms with Crippen molar-refractivity contribution in [2.24, 2.45) is 0 Å². The van der Waals surface area contributed by atoms with Gasteiger partial charge in [0.15, 0.2) is 16.8 Å². The van der Waals surface area contributed by atoms with E-state index in [1.165, 1.54) is 24.3 Å². The number of rotatable bonds is 7. The van der Waals surface area contributed by atoms with Crippen molar-refractivity contribution in [3.8, 4) is 5.75 Å². The van der Waals surface area contributed by atoms with E-state index in [1.807, 2.05) is 42.5 Å². The smallest absolute Gasteiger partial charge is 0.406 e. The number of alkyl halides is 3. The van der Waals surface area contributed by atoms with Crippen molar-refractivity contribution < 1.29 is 22.1 Å². The number of benzene rings is 2. The Hall–Kier alpha value is -3.04. The van der Waals surface area contributed by atoms with E-state index in [4.69, 9.17) is 11.6 Å². The number of aryl methyl sites for hydroxylation is 2. The average molecular weight is 508 g/mol. The van der Waals surface area contributed by atoms with Crippen molar-refractivity contribution >= 4 is 34.1 Å². The van der Waals surface area contributed by atoms with Gasteiger partial charge in [-0.2, -0.15) is 0 Å². The molecule has 34 heavy (non-hydrogen) atoms. The van der Waals surface area contributed by atoms with Gasteiger partial charge in [0.1, 0.15) is 11.4 Å². The maximum Gasteiger partial charge on any atom is 0.573 e. The summed E-state index contributed by atoms with van der Waals surface area (Å²) in [5.74, 6) is 0.161. The van der Waals surface area contributed by atoms with Crippen LogP contribution in [0.15, 0.2) is 71.8 Å². The summed E-state index contributed by atoms with van der Waals surface area (Å²) in [5, 5.41) is 0.530. The van der Waals surface area contributed by atoms with E-state index in [0.29, 0.717) is 26.9 Å². The topological polar surface area (TPSA) is 46.8 Å². The van der Waals surface area contributed by atoms with Crippen LogP contribution in [0.2, 0.25) is 5.02 Å². The Morgan fingerprint density at radius 2 is 1.68 bits per heavy atom. The summed E-state index contributed by atoms with van der Waals surface area (Å²) in [6, 6.07) is 16.4. The summed E-state index contributed by atoms with van der Waals surface area (Å²) in [6.45, 7) is 4.03. The molecule has 0 aliphatic heterocycles. The molecule has 178 valence electrons. The molecule has 0 saturated carbocycles. The molecule has 0 radical (unpaired) electrons. The molecule has 2 heterocycles. The highest BCUT2D eigenvalue weighted by atomic mass is 35.5. The molecule has 0 aliphatic rings. The maximum atomic E-state index is 13.7. The number of halogens is 4. The maximum absolute atomic E-state index is 13.7. The molecule has 0 N–H and O–H groups in total. The quantitative estimate of drug-likeness (QED) is 0.287. The van der Waals surface area contributed by atoms with Gasteiger partial charge in [0.05, 0.1) is 22.2 Å². The third-order valence-corrected chi connectivity index (χ3v) is 6.85. The fourth-order valence-corrected chi connectivity index (χ4v) is 4.88. The highest BCUT2D eigenvalue weighted by molar-refractivity contribution is 7.86. The van der Waals surface area contributed by atoms with Crippen LogP contribution in [-0.2, 0) is 24.0 Å². The molecule has 4 rings (SSSR count). The van der Waals surface area contributed by atoms with E-state index in [-0.39, 0.29) is 12.3 Å². The van der Waals surface area contributed by atoms with E-state index in [2.05, 4.69) is 9.72 Å². The first kappa shape index (κ1) is 24.1. The monoisotopic (exact) mass is 507 g/mol. The van der Waals surface area contributed by atoms with Crippen LogP contribution < -0.4 is 9.04 Å². The molecule has 1 unspecified atom stereocenters. The van der Waals surface area contributed by atoms with Crippen molar-refractivity contribution in [2.45, 2.75) is 38.1 Å². The lowest BCUT2D eigenvalue weighted by Gasteiger charge is -2.22. The summed E-state index contributed by atoms with van der Waals surface area (Å²) in [5.41, 5.74) is 3.12. The highest BCUT2D eigenvalue weighted by Gasteiger charge is 2.31. The first-order chi connectivity index (χ1) is 16.1. The SMILES string of the molecule is CCc1ccc(S(=O)N(Cc2ccc(OC(F)(F)F)cc2)c2nc3ccc(Cl)cn3c2C)cc1. The number of hydrogen-bond acceptors (Lipinski definition) is 3. The number of fused-ring (bicyclic) bond motifs is 1. The molecule has 2 aromatic heterocycles. The van der Waals surface area contributed by atoms with Gasteiger partial charge >= 0.3 is 6.36 Å². The summed E-state index contributed by atoms with van der Waals surface area (Å²) in [4.78, 5) is 5.25. The lowest BCUT2D eigenvalue weighted by Crippen LogP contribution is -2.26. The number of imidazole rings is 1. The summed E-state index contributed by atoms with van der Waals surface area (Å²) in [6.07, 6.45) is -2.19. The zero-order chi connectivity index (χ0) is 24.5. The normalized spacial score (nSPS) is 12.6. The Bertz CT molecular complexity index is 1320. The zero-order valence-electron chi connectivity index (χ0n) is 18.3. The Labute approximate surface area is 202 Å². The van der Waals surface area contributed by atoms with Crippen LogP contribution in [0.4, 0.5) is 19.0 Å². The van der Waals surface area contributed by atoms with Crippen LogP contribution in [0.25, 0.3) is 5.65 Å². The van der Waals surface area contributed by atoms with Crippen molar-refractivity contribution in [1.29, 1.82) is 0 Å². The lowest BCUT2D eigenvalue weighted by atomic mass is 10.2. The van der Waals surface area contributed by atoms with Gasteiger partial charge < -0.3 is 9.14 Å². The van der Waals surface area contributed by atoms with Gasteiger partial charge in [-0.05, 0) is 60.9 Å². The molecule has 4 aromatic rings. The van der Waals surface area contributed by atoms with Gasteiger partial charge in [-0.15, -0.1) is 13.2 Å². The van der Waals surface area contributed by atoms with Gasteiger partial charge in [-0.3, -0.25) is 4.31 Å². The van der Waals surface area contributed by atoms with Crippen LogP contribution in [-0.4, -0.2) is 20.0 Å². The Morgan fingerprint density at radius 3 is 2.29 bits per heavy atom. The van der Waals surface area contributed by atoms with E-state index in [0.717, 1.165) is 17.7 Å². The summed E-state index contributed by atoms with van der Waals surface area (Å²) >= 11 is 6.14. The van der Waals surface area contributed by atoms with Crippen LogP contribution in [0.5, 0.6) is 5.75 Å². The van der Waals surface area contributed by atoms with E-state index in [9.17, 15) is 17.4 Å². The molecule has 10 heteroatoms. The first-order valence-electron chi connectivity index (χ1n) is 10.4. The van der Waals surface area contributed by atoms with Crippen molar-refractivity contribution in [3.05, 3.63) is 88.7 Å². The summed E-state index contributed by atoms with van der Waals surface area (Å²) < 4.78 is 58.6. The van der Waals surface area contributed by atoms with Crippen molar-refractivity contribution in [3.63, 3.8) is 0 Å². The number of ether oxygens (including phenoxy) is 1. The third kappa shape index (κ3) is 5.37. The van der Waals surface area contributed by atoms with Gasteiger partial charge in [0.25, 0.3) is 0 Å². The van der Waals surface area contributed by atoms with Crippen LogP contribution in [0.1, 0.15) is 23.7 Å². The first-order valence-corrected chi connectivity index (χ1v) is 11.9. The van der Waals surface area contributed by atoms with Crippen LogP contribution in [0, 0.1) is 6.92 Å². The molecule has 5 nitrogen and oxygen atoms in total. The van der Waals surface area contributed by atoms with Crippen molar-refractivity contribution in [2.75, 3.05) is 4.31 Å². The fourth-order valence-electron chi connectivity index (χ4n) is 3.50. The van der Waals surface area contributed by atoms with Crippen LogP contribution >= 0.6 is 11.6 Å². The lowest BCUT2D eigenvalue weighted by molar-refractivity contribution is -0.274. The van der Waals surface area contributed by atoms with E-state index >= 15 is 0 Å². The molecule has 0 fully saturated rings. The Morgan fingerprint density at radius 1 is 1.03 bits per heavy atom. The van der Waals surface area contributed by atoms with Crippen LogP contribution in [0.3, 0.4) is 0 Å². The summed E-state index contributed by atoms with van der Waals surface area (Å²) in [7, 11) is -1.63. The minimum atomic E-state index is -4.77. The van der Waals surface area contributed by atoms with Crippen molar-refractivity contribution in [1.82, 2.24) is 9.38 Å². The average Bonchev–Trinajstić information content (AvgIpc) is 3.12. The second-order valence-corrected chi connectivity index (χ2v) is 9.42. The number of anilines is 1. The largest absolute Gasteiger partial charge is 0.573 e. The number of hydrogen-bond donors (Lipinski definition) is 0. The highest BCUT2D eigenvalue weighted by Crippen LogP contribution is 2.29. The predicted molar refractivity (Wildman–Crippen MR) is 126 cm³/mol. The van der Waals surface area contributed by atoms with Gasteiger partial charge in [0, 0.05) is 6.20 Å². The molecule has 2 aromatic carbocycles. The third-order valence-electron chi connectivity index (χ3n) is 5.25. The Kier molecular flexibility index (Phi) is 6.86. The second-order valence-electron chi connectivity index (χ2n) is 7.57. The van der Waals surface area contributed by atoms with E-state index in [1.54, 1.807) is 22.6 Å². The number of nitrogens with zero attached hydrogens (tertiary/aromatic N) is 3. The zero-order valence-corrected chi connectivity index (χ0v) is 19.9. The Balaban J connectivity index is 1.72. The molecule has 1 atom stereocenters.